The highest BCUT2D eigenvalue weighted by atomic mass is 32.2. The summed E-state index contributed by atoms with van der Waals surface area (Å²) in [4.78, 5) is 13.8. The first-order valence-electron chi connectivity index (χ1n) is 7.41. The highest BCUT2D eigenvalue weighted by Crippen LogP contribution is 2.16. The van der Waals surface area contributed by atoms with Crippen molar-refractivity contribution in [3.8, 4) is 5.75 Å². The summed E-state index contributed by atoms with van der Waals surface area (Å²) in [5.41, 5.74) is 0.841. The summed E-state index contributed by atoms with van der Waals surface area (Å²) < 4.78 is 32.3. The highest BCUT2D eigenvalue weighted by molar-refractivity contribution is 7.86. The van der Waals surface area contributed by atoms with Crippen molar-refractivity contribution in [1.29, 1.82) is 0 Å². The van der Waals surface area contributed by atoms with E-state index in [1.165, 1.54) is 0 Å². The molecule has 0 saturated carbocycles. The Morgan fingerprint density at radius 2 is 1.92 bits per heavy atom. The Kier molecular flexibility index (Phi) is 5.86. The van der Waals surface area contributed by atoms with E-state index in [-0.39, 0.29) is 11.8 Å². The minimum absolute atomic E-state index is 0.203. The van der Waals surface area contributed by atoms with Gasteiger partial charge in [0.15, 0.2) is 0 Å². The van der Waals surface area contributed by atoms with Crippen molar-refractivity contribution in [1.82, 2.24) is 10.2 Å². The van der Waals surface area contributed by atoms with Crippen LogP contribution < -0.4 is 9.50 Å². The molecule has 0 spiro atoms. The zero-order valence-electron chi connectivity index (χ0n) is 13.6. The van der Waals surface area contributed by atoms with Gasteiger partial charge in [0.2, 0.25) is 0 Å². The standard InChI is InChI=1S/C16H20N2O5S/c1-3-17-16(19)18(12-15-5-4-10-22-15)11-13-6-8-14(9-7-13)23-24(2,20)21/h4-10H,3,11-12H2,1-2H3,(H,17,19). The third kappa shape index (κ3) is 5.62. The lowest BCUT2D eigenvalue weighted by Gasteiger charge is -2.22. The zero-order valence-corrected chi connectivity index (χ0v) is 14.4. The Morgan fingerprint density at radius 1 is 1.21 bits per heavy atom. The molecule has 0 bridgehead atoms. The summed E-state index contributed by atoms with van der Waals surface area (Å²) in [7, 11) is -3.56. The van der Waals surface area contributed by atoms with Gasteiger partial charge in [-0.2, -0.15) is 8.42 Å². The van der Waals surface area contributed by atoms with Crippen molar-refractivity contribution in [2.75, 3.05) is 12.8 Å². The van der Waals surface area contributed by atoms with Gasteiger partial charge in [-0.15, -0.1) is 0 Å². The second kappa shape index (κ2) is 7.87. The molecule has 0 saturated heterocycles. The van der Waals surface area contributed by atoms with E-state index in [1.807, 2.05) is 6.92 Å². The lowest BCUT2D eigenvalue weighted by atomic mass is 10.2. The molecule has 7 nitrogen and oxygen atoms in total. The molecule has 0 radical (unpaired) electrons. The number of nitrogens with zero attached hydrogens (tertiary/aromatic N) is 1. The quantitative estimate of drug-likeness (QED) is 0.773. The first-order chi connectivity index (χ1) is 11.4. The van der Waals surface area contributed by atoms with Gasteiger partial charge in [0.25, 0.3) is 0 Å². The van der Waals surface area contributed by atoms with Gasteiger partial charge < -0.3 is 18.8 Å². The Balaban J connectivity index is 2.09. The van der Waals surface area contributed by atoms with Crippen molar-refractivity contribution in [3.63, 3.8) is 0 Å². The molecule has 24 heavy (non-hydrogen) atoms. The molecular formula is C16H20N2O5S. The van der Waals surface area contributed by atoms with Gasteiger partial charge in [-0.05, 0) is 36.8 Å². The van der Waals surface area contributed by atoms with Crippen LogP contribution >= 0.6 is 0 Å². The Hall–Kier alpha value is -2.48. The van der Waals surface area contributed by atoms with E-state index in [4.69, 9.17) is 8.60 Å². The van der Waals surface area contributed by atoms with E-state index in [1.54, 1.807) is 47.6 Å². The van der Waals surface area contributed by atoms with E-state index < -0.39 is 10.1 Å². The summed E-state index contributed by atoms with van der Waals surface area (Å²) >= 11 is 0. The fourth-order valence-corrected chi connectivity index (χ4v) is 2.56. The molecule has 0 aliphatic carbocycles. The molecule has 0 unspecified atom stereocenters. The van der Waals surface area contributed by atoms with E-state index >= 15 is 0 Å². The van der Waals surface area contributed by atoms with Crippen LogP contribution in [0.3, 0.4) is 0 Å². The van der Waals surface area contributed by atoms with Crippen LogP contribution in [0.2, 0.25) is 0 Å². The van der Waals surface area contributed by atoms with Gasteiger partial charge in [-0.1, -0.05) is 12.1 Å². The first-order valence-corrected chi connectivity index (χ1v) is 9.22. The average Bonchev–Trinajstić information content (AvgIpc) is 3.00. The maximum absolute atomic E-state index is 12.2. The predicted molar refractivity (Wildman–Crippen MR) is 88.9 cm³/mol. The fourth-order valence-electron chi connectivity index (χ4n) is 2.10. The molecule has 1 heterocycles. The van der Waals surface area contributed by atoms with Crippen LogP contribution in [-0.4, -0.2) is 32.1 Å². The van der Waals surface area contributed by atoms with Crippen molar-refractivity contribution in [2.24, 2.45) is 0 Å². The zero-order chi connectivity index (χ0) is 17.6. The minimum Gasteiger partial charge on any atom is -0.467 e. The monoisotopic (exact) mass is 352 g/mol. The molecule has 130 valence electrons. The molecule has 1 aromatic heterocycles. The summed E-state index contributed by atoms with van der Waals surface area (Å²) in [6.07, 6.45) is 2.55. The van der Waals surface area contributed by atoms with Gasteiger partial charge in [0.05, 0.1) is 19.1 Å². The number of carbonyl (C=O) groups excluding carboxylic acids is 1. The molecule has 0 fully saturated rings. The van der Waals surface area contributed by atoms with Crippen LogP contribution in [0.25, 0.3) is 0 Å². The molecule has 0 atom stereocenters. The molecule has 2 aromatic rings. The number of amides is 2. The number of benzene rings is 1. The lowest BCUT2D eigenvalue weighted by Crippen LogP contribution is -2.38. The maximum Gasteiger partial charge on any atom is 0.318 e. The lowest BCUT2D eigenvalue weighted by molar-refractivity contribution is 0.188. The van der Waals surface area contributed by atoms with Gasteiger partial charge >= 0.3 is 16.1 Å². The number of hydrogen-bond acceptors (Lipinski definition) is 5. The smallest absolute Gasteiger partial charge is 0.318 e. The number of rotatable bonds is 7. The molecule has 8 heteroatoms. The van der Waals surface area contributed by atoms with Crippen LogP contribution in [0.1, 0.15) is 18.2 Å². The largest absolute Gasteiger partial charge is 0.467 e. The van der Waals surface area contributed by atoms with E-state index in [0.29, 0.717) is 25.4 Å². The maximum atomic E-state index is 12.2. The fraction of sp³-hybridized carbons (Fsp3) is 0.312. The highest BCUT2D eigenvalue weighted by Gasteiger charge is 2.15. The molecule has 2 amide bonds. The van der Waals surface area contributed by atoms with Crippen LogP contribution in [0, 0.1) is 0 Å². The summed E-state index contributed by atoms with van der Waals surface area (Å²) in [5.74, 6) is 0.912. The van der Waals surface area contributed by atoms with Crippen LogP contribution in [0.5, 0.6) is 5.75 Å². The molecule has 1 aromatic carbocycles. The third-order valence-corrected chi connectivity index (χ3v) is 3.58. The molecule has 0 aliphatic rings. The molecule has 1 N–H and O–H groups in total. The minimum atomic E-state index is -3.56. The van der Waals surface area contributed by atoms with Gasteiger partial charge in [-0.25, -0.2) is 4.79 Å². The van der Waals surface area contributed by atoms with Crippen molar-refractivity contribution < 1.29 is 21.8 Å². The number of hydrogen-bond donors (Lipinski definition) is 1. The van der Waals surface area contributed by atoms with E-state index in [2.05, 4.69) is 5.32 Å². The van der Waals surface area contributed by atoms with Gasteiger partial charge in [0.1, 0.15) is 11.5 Å². The first kappa shape index (κ1) is 17.9. The molecule has 2 rings (SSSR count). The normalized spacial score (nSPS) is 11.1. The molecular weight excluding hydrogens is 332 g/mol. The van der Waals surface area contributed by atoms with Crippen molar-refractivity contribution in [3.05, 3.63) is 54.0 Å². The number of furan rings is 1. The Morgan fingerprint density at radius 3 is 2.46 bits per heavy atom. The number of nitrogens with one attached hydrogen (secondary N) is 1. The summed E-state index contributed by atoms with van der Waals surface area (Å²) in [6.45, 7) is 3.06. The number of urea groups is 1. The number of carbonyl (C=O) groups is 1. The molecule has 0 aliphatic heterocycles. The van der Waals surface area contributed by atoms with Crippen molar-refractivity contribution in [2.45, 2.75) is 20.0 Å². The topological polar surface area (TPSA) is 88.9 Å². The second-order valence-electron chi connectivity index (χ2n) is 5.20. The third-order valence-electron chi connectivity index (χ3n) is 3.09. The summed E-state index contributed by atoms with van der Waals surface area (Å²) in [6, 6.07) is 9.91. The van der Waals surface area contributed by atoms with Crippen molar-refractivity contribution >= 4 is 16.1 Å². The SMILES string of the molecule is CCNC(=O)N(Cc1ccc(OS(C)(=O)=O)cc1)Cc1ccco1. The van der Waals surface area contributed by atoms with Gasteiger partial charge in [0, 0.05) is 13.1 Å². The van der Waals surface area contributed by atoms with E-state index in [9.17, 15) is 13.2 Å². The average molecular weight is 352 g/mol. The van der Waals surface area contributed by atoms with Crippen LogP contribution in [0.15, 0.2) is 47.1 Å². The van der Waals surface area contributed by atoms with E-state index in [0.717, 1.165) is 11.8 Å². The Labute approximate surface area is 141 Å². The van der Waals surface area contributed by atoms with Crippen LogP contribution in [-0.2, 0) is 23.2 Å². The second-order valence-corrected chi connectivity index (χ2v) is 6.78. The van der Waals surface area contributed by atoms with Crippen LogP contribution in [0.4, 0.5) is 4.79 Å². The predicted octanol–water partition coefficient (Wildman–Crippen LogP) is 2.35. The summed E-state index contributed by atoms with van der Waals surface area (Å²) in [5, 5.41) is 2.76. The Bertz CT molecular complexity index is 754. The van der Waals surface area contributed by atoms with Gasteiger partial charge in [-0.3, -0.25) is 0 Å².